The first kappa shape index (κ1) is 16.2. The number of primary amides is 1. The Kier molecular flexibility index (Phi) is 3.88. The topological polar surface area (TPSA) is 56.0 Å². The Morgan fingerprint density at radius 2 is 2.08 bits per heavy atom. The van der Waals surface area contributed by atoms with Gasteiger partial charge in [0.1, 0.15) is 5.82 Å². The van der Waals surface area contributed by atoms with Gasteiger partial charge in [-0.15, -0.1) is 0 Å². The molecule has 1 heterocycles. The van der Waals surface area contributed by atoms with Gasteiger partial charge >= 0.3 is 0 Å². The van der Waals surface area contributed by atoms with Crippen molar-refractivity contribution in [2.75, 3.05) is 0 Å². The van der Waals surface area contributed by atoms with Crippen LogP contribution in [0, 0.1) is 5.82 Å². The van der Waals surface area contributed by atoms with E-state index in [1.54, 1.807) is 12.3 Å². The van der Waals surface area contributed by atoms with Crippen LogP contribution in [0.3, 0.4) is 0 Å². The Morgan fingerprint density at radius 1 is 1.27 bits per heavy atom. The maximum Gasteiger partial charge on any atom is 0.249 e. The Labute approximate surface area is 151 Å². The average Bonchev–Trinajstić information content (AvgIpc) is 3.03. The monoisotopic (exact) mass is 344 g/mol. The largest absolute Gasteiger partial charge is 0.366 e. The molecule has 128 valence electrons. The number of aromatic nitrogens is 1. The predicted molar refractivity (Wildman–Crippen MR) is 100 cm³/mol. The van der Waals surface area contributed by atoms with E-state index in [2.05, 4.69) is 11.6 Å². The highest BCUT2D eigenvalue weighted by Crippen LogP contribution is 2.42. The highest BCUT2D eigenvalue weighted by Gasteiger charge is 2.28. The second-order valence-corrected chi connectivity index (χ2v) is 6.41. The minimum Gasteiger partial charge on any atom is -0.366 e. The Morgan fingerprint density at radius 3 is 2.77 bits per heavy atom. The third-order valence-electron chi connectivity index (χ3n) is 4.85. The standard InChI is InChI=1S/C22H17FN2O/c1-2-15-8-7-13(12-25-15)9-19-20(23)11-18(22(24)26)17-10-14-5-3-4-6-16(14)21(17)19/h2-8,11-12H,1,9-10H2,(H2,24,26). The lowest BCUT2D eigenvalue weighted by Crippen LogP contribution is -2.15. The summed E-state index contributed by atoms with van der Waals surface area (Å²) in [5, 5.41) is 0. The fourth-order valence-electron chi connectivity index (χ4n) is 3.61. The first-order valence-electron chi connectivity index (χ1n) is 8.38. The van der Waals surface area contributed by atoms with Gasteiger partial charge in [-0.3, -0.25) is 9.78 Å². The molecule has 3 aromatic rings. The molecule has 2 aromatic carbocycles. The van der Waals surface area contributed by atoms with Gasteiger partial charge in [-0.25, -0.2) is 4.39 Å². The molecular weight excluding hydrogens is 327 g/mol. The third kappa shape index (κ3) is 2.60. The molecule has 0 atom stereocenters. The minimum atomic E-state index is -0.600. The molecule has 0 radical (unpaired) electrons. The van der Waals surface area contributed by atoms with Crippen LogP contribution in [-0.4, -0.2) is 10.9 Å². The molecule has 1 aliphatic carbocycles. The predicted octanol–water partition coefficient (Wildman–Crippen LogP) is 4.12. The molecule has 0 unspecified atom stereocenters. The van der Waals surface area contributed by atoms with Gasteiger partial charge in [-0.1, -0.05) is 36.9 Å². The average molecular weight is 344 g/mol. The van der Waals surface area contributed by atoms with Crippen LogP contribution in [0.1, 0.15) is 38.3 Å². The van der Waals surface area contributed by atoms with E-state index in [1.165, 1.54) is 6.07 Å². The van der Waals surface area contributed by atoms with Crippen LogP contribution in [0.4, 0.5) is 4.39 Å². The van der Waals surface area contributed by atoms with E-state index < -0.39 is 11.7 Å². The minimum absolute atomic E-state index is 0.262. The zero-order chi connectivity index (χ0) is 18.3. The molecule has 2 N–H and O–H groups in total. The van der Waals surface area contributed by atoms with E-state index in [-0.39, 0.29) is 5.56 Å². The number of halogens is 1. The summed E-state index contributed by atoms with van der Waals surface area (Å²) in [4.78, 5) is 16.1. The Bertz CT molecular complexity index is 1040. The number of nitrogens with two attached hydrogens (primary N) is 1. The van der Waals surface area contributed by atoms with E-state index in [0.29, 0.717) is 18.4 Å². The normalized spacial score (nSPS) is 11.7. The number of rotatable bonds is 4. The van der Waals surface area contributed by atoms with E-state index in [0.717, 1.165) is 33.5 Å². The smallest absolute Gasteiger partial charge is 0.249 e. The van der Waals surface area contributed by atoms with Crippen LogP contribution in [0.15, 0.2) is 55.2 Å². The summed E-state index contributed by atoms with van der Waals surface area (Å²) >= 11 is 0. The van der Waals surface area contributed by atoms with Crippen molar-refractivity contribution in [1.82, 2.24) is 4.98 Å². The maximum atomic E-state index is 14.9. The van der Waals surface area contributed by atoms with Crippen molar-refractivity contribution in [3.8, 4) is 11.1 Å². The van der Waals surface area contributed by atoms with Crippen molar-refractivity contribution in [2.24, 2.45) is 5.73 Å². The maximum absolute atomic E-state index is 14.9. The molecule has 4 rings (SSSR count). The van der Waals surface area contributed by atoms with Crippen molar-refractivity contribution in [3.63, 3.8) is 0 Å². The van der Waals surface area contributed by atoms with Gasteiger partial charge in [0.05, 0.1) is 5.69 Å². The molecule has 1 amide bonds. The lowest BCUT2D eigenvalue weighted by atomic mass is 9.91. The fourth-order valence-corrected chi connectivity index (χ4v) is 3.61. The molecule has 4 heteroatoms. The van der Waals surface area contributed by atoms with Crippen LogP contribution >= 0.6 is 0 Å². The molecule has 0 aliphatic heterocycles. The molecule has 0 saturated carbocycles. The second kappa shape index (κ2) is 6.23. The zero-order valence-electron chi connectivity index (χ0n) is 14.1. The molecule has 0 saturated heterocycles. The Hall–Kier alpha value is -3.27. The molecule has 0 fully saturated rings. The Balaban J connectivity index is 1.89. The first-order chi connectivity index (χ1) is 12.6. The summed E-state index contributed by atoms with van der Waals surface area (Å²) in [5.74, 6) is -1.02. The number of carbonyl (C=O) groups is 1. The van der Waals surface area contributed by atoms with Gasteiger partial charge in [-0.2, -0.15) is 0 Å². The second-order valence-electron chi connectivity index (χ2n) is 6.41. The molecule has 26 heavy (non-hydrogen) atoms. The molecule has 3 nitrogen and oxygen atoms in total. The number of hydrogen-bond acceptors (Lipinski definition) is 2. The lowest BCUT2D eigenvalue weighted by Gasteiger charge is -2.14. The van der Waals surface area contributed by atoms with Crippen LogP contribution in [-0.2, 0) is 12.8 Å². The van der Waals surface area contributed by atoms with E-state index >= 15 is 0 Å². The highest BCUT2D eigenvalue weighted by atomic mass is 19.1. The fraction of sp³-hybridized carbons (Fsp3) is 0.0909. The van der Waals surface area contributed by atoms with Gasteiger partial charge in [0.25, 0.3) is 0 Å². The number of carbonyl (C=O) groups excluding carboxylic acids is 1. The van der Waals surface area contributed by atoms with Gasteiger partial charge in [0.2, 0.25) is 5.91 Å². The van der Waals surface area contributed by atoms with Gasteiger partial charge in [0.15, 0.2) is 0 Å². The van der Waals surface area contributed by atoms with Crippen molar-refractivity contribution in [3.05, 3.63) is 94.6 Å². The molecular formula is C22H17FN2O. The van der Waals surface area contributed by atoms with Gasteiger partial charge < -0.3 is 5.73 Å². The highest BCUT2D eigenvalue weighted by molar-refractivity contribution is 5.98. The molecule has 0 bridgehead atoms. The quantitative estimate of drug-likeness (QED) is 0.605. The van der Waals surface area contributed by atoms with Crippen molar-refractivity contribution < 1.29 is 9.18 Å². The molecule has 1 aliphatic rings. The molecule has 0 spiro atoms. The summed E-state index contributed by atoms with van der Waals surface area (Å²) in [6.45, 7) is 3.69. The van der Waals surface area contributed by atoms with Crippen molar-refractivity contribution >= 4 is 12.0 Å². The number of nitrogens with zero attached hydrogens (tertiary/aromatic N) is 1. The summed E-state index contributed by atoms with van der Waals surface area (Å²) in [7, 11) is 0. The number of hydrogen-bond donors (Lipinski definition) is 1. The van der Waals surface area contributed by atoms with Gasteiger partial charge in [-0.05, 0) is 52.4 Å². The van der Waals surface area contributed by atoms with E-state index in [9.17, 15) is 9.18 Å². The summed E-state index contributed by atoms with van der Waals surface area (Å²) in [5.41, 5.74) is 11.7. The van der Waals surface area contributed by atoms with Crippen LogP contribution in [0.2, 0.25) is 0 Å². The van der Waals surface area contributed by atoms with Crippen molar-refractivity contribution in [2.45, 2.75) is 12.8 Å². The SMILES string of the molecule is C=Cc1ccc(Cc2c(F)cc(C(N)=O)c3c2-c2ccccc2C3)cn1. The number of fused-ring (bicyclic) bond motifs is 3. The number of pyridine rings is 1. The number of benzene rings is 2. The first-order valence-corrected chi connectivity index (χ1v) is 8.38. The van der Waals surface area contributed by atoms with Gasteiger partial charge in [0, 0.05) is 23.7 Å². The van der Waals surface area contributed by atoms with Crippen LogP contribution < -0.4 is 5.73 Å². The zero-order valence-corrected chi connectivity index (χ0v) is 14.1. The van der Waals surface area contributed by atoms with Crippen molar-refractivity contribution in [1.29, 1.82) is 0 Å². The van der Waals surface area contributed by atoms with Crippen LogP contribution in [0.5, 0.6) is 0 Å². The van der Waals surface area contributed by atoms with E-state index in [4.69, 9.17) is 5.73 Å². The third-order valence-corrected chi connectivity index (χ3v) is 4.85. The summed E-state index contributed by atoms with van der Waals surface area (Å²) in [6.07, 6.45) is 4.38. The van der Waals surface area contributed by atoms with E-state index in [1.807, 2.05) is 36.4 Å². The molecule has 1 aromatic heterocycles. The lowest BCUT2D eigenvalue weighted by molar-refractivity contribution is 0.0999. The summed E-state index contributed by atoms with van der Waals surface area (Å²) in [6, 6.07) is 12.9. The van der Waals surface area contributed by atoms with Crippen LogP contribution in [0.25, 0.3) is 17.2 Å². The summed E-state index contributed by atoms with van der Waals surface area (Å²) < 4.78 is 14.9. The number of amides is 1.